The molecule has 0 aliphatic rings. The number of carbonyl (C=O) groups excluding carboxylic acids is 1. The Morgan fingerprint density at radius 3 is 2.80 bits per heavy atom. The number of carbonyl (C=O) groups is 1. The maximum Gasteiger partial charge on any atom is 0.170 e. The van der Waals surface area contributed by atoms with Gasteiger partial charge < -0.3 is 4.74 Å². The Labute approximate surface area is 99.1 Å². The van der Waals surface area contributed by atoms with Crippen molar-refractivity contribution in [2.24, 2.45) is 0 Å². The summed E-state index contributed by atoms with van der Waals surface area (Å²) in [4.78, 5) is 11.2. The molecule has 4 heteroatoms. The van der Waals surface area contributed by atoms with E-state index in [0.717, 1.165) is 6.42 Å². The molecular formula is C11H12Cl2O2. The van der Waals surface area contributed by atoms with Crippen LogP contribution in [0, 0.1) is 0 Å². The Morgan fingerprint density at radius 2 is 2.13 bits per heavy atom. The Morgan fingerprint density at radius 1 is 1.40 bits per heavy atom. The van der Waals surface area contributed by atoms with Crippen LogP contribution in [0.1, 0.15) is 19.8 Å². The highest BCUT2D eigenvalue weighted by Crippen LogP contribution is 2.31. The van der Waals surface area contributed by atoms with Gasteiger partial charge in [0, 0.05) is 6.42 Å². The van der Waals surface area contributed by atoms with Crippen LogP contribution in [0.2, 0.25) is 10.0 Å². The minimum atomic E-state index is 0.0495. The SMILES string of the molecule is CCCC(=O)COc1cccc(Cl)c1Cl. The average molecular weight is 247 g/mol. The fourth-order valence-corrected chi connectivity index (χ4v) is 1.45. The first-order valence-corrected chi connectivity index (χ1v) is 5.49. The summed E-state index contributed by atoms with van der Waals surface area (Å²) in [5.41, 5.74) is 0. The number of hydrogen-bond acceptors (Lipinski definition) is 2. The Kier molecular flexibility index (Phi) is 4.92. The second-order valence-corrected chi connectivity index (χ2v) is 3.91. The molecule has 82 valence electrons. The molecule has 0 heterocycles. The van der Waals surface area contributed by atoms with Gasteiger partial charge in [-0.15, -0.1) is 0 Å². The van der Waals surface area contributed by atoms with E-state index in [1.807, 2.05) is 6.92 Å². The molecule has 0 fully saturated rings. The molecule has 2 nitrogen and oxygen atoms in total. The van der Waals surface area contributed by atoms with Gasteiger partial charge in [0.05, 0.1) is 5.02 Å². The van der Waals surface area contributed by atoms with Crippen molar-refractivity contribution in [2.45, 2.75) is 19.8 Å². The third kappa shape index (κ3) is 3.73. The lowest BCUT2D eigenvalue weighted by molar-refractivity contribution is -0.121. The molecule has 0 aromatic heterocycles. The lowest BCUT2D eigenvalue weighted by Crippen LogP contribution is -2.10. The predicted molar refractivity (Wildman–Crippen MR) is 61.9 cm³/mol. The molecular weight excluding hydrogens is 235 g/mol. The maximum atomic E-state index is 11.2. The van der Waals surface area contributed by atoms with E-state index < -0.39 is 0 Å². The van der Waals surface area contributed by atoms with Crippen molar-refractivity contribution in [1.29, 1.82) is 0 Å². The zero-order chi connectivity index (χ0) is 11.3. The lowest BCUT2D eigenvalue weighted by atomic mass is 10.2. The first kappa shape index (κ1) is 12.3. The van der Waals surface area contributed by atoms with E-state index in [2.05, 4.69) is 0 Å². The zero-order valence-electron chi connectivity index (χ0n) is 8.43. The molecule has 0 atom stereocenters. The summed E-state index contributed by atoms with van der Waals surface area (Å²) in [6, 6.07) is 5.09. The molecule has 1 aromatic rings. The highest BCUT2D eigenvalue weighted by Gasteiger charge is 2.07. The minimum Gasteiger partial charge on any atom is -0.484 e. The quantitative estimate of drug-likeness (QED) is 0.792. The molecule has 0 amide bonds. The average Bonchev–Trinajstić information content (AvgIpc) is 2.21. The third-order valence-electron chi connectivity index (χ3n) is 1.83. The summed E-state index contributed by atoms with van der Waals surface area (Å²) >= 11 is 11.7. The van der Waals surface area contributed by atoms with Crippen LogP contribution in [-0.2, 0) is 4.79 Å². The van der Waals surface area contributed by atoms with Crippen molar-refractivity contribution in [3.8, 4) is 5.75 Å². The second-order valence-electron chi connectivity index (χ2n) is 3.13. The predicted octanol–water partition coefficient (Wildman–Crippen LogP) is 3.74. The highest BCUT2D eigenvalue weighted by molar-refractivity contribution is 6.42. The van der Waals surface area contributed by atoms with Gasteiger partial charge >= 0.3 is 0 Å². The van der Waals surface area contributed by atoms with Crippen LogP contribution in [0.4, 0.5) is 0 Å². The van der Waals surface area contributed by atoms with Crippen molar-refractivity contribution >= 4 is 29.0 Å². The monoisotopic (exact) mass is 246 g/mol. The number of hydrogen-bond donors (Lipinski definition) is 0. The van der Waals surface area contributed by atoms with Gasteiger partial charge in [-0.1, -0.05) is 36.2 Å². The van der Waals surface area contributed by atoms with Crippen molar-refractivity contribution in [3.05, 3.63) is 28.2 Å². The van der Waals surface area contributed by atoms with Crippen LogP contribution >= 0.6 is 23.2 Å². The number of rotatable bonds is 5. The molecule has 1 aromatic carbocycles. The van der Waals surface area contributed by atoms with E-state index in [0.29, 0.717) is 22.2 Å². The summed E-state index contributed by atoms with van der Waals surface area (Å²) in [5, 5.41) is 0.778. The molecule has 0 aliphatic heterocycles. The van der Waals surface area contributed by atoms with Crippen LogP contribution in [0.3, 0.4) is 0 Å². The fourth-order valence-electron chi connectivity index (χ4n) is 1.10. The molecule has 0 aliphatic carbocycles. The maximum absolute atomic E-state index is 11.2. The Hall–Kier alpha value is -0.730. The Bertz CT molecular complexity index is 350. The molecule has 0 spiro atoms. The van der Waals surface area contributed by atoms with Crippen LogP contribution in [0.25, 0.3) is 0 Å². The lowest BCUT2D eigenvalue weighted by Gasteiger charge is -2.07. The first-order valence-electron chi connectivity index (χ1n) is 4.73. The number of ether oxygens (including phenoxy) is 1. The first-order chi connectivity index (χ1) is 7.15. The fraction of sp³-hybridized carbons (Fsp3) is 0.364. The molecule has 0 radical (unpaired) electrons. The zero-order valence-corrected chi connectivity index (χ0v) is 9.94. The summed E-state index contributed by atoms with van der Waals surface area (Å²) in [6.07, 6.45) is 1.35. The van der Waals surface area contributed by atoms with E-state index in [1.54, 1.807) is 18.2 Å². The van der Waals surface area contributed by atoms with Gasteiger partial charge in [0.25, 0.3) is 0 Å². The molecule has 0 N–H and O–H groups in total. The number of Topliss-reactive ketones (excluding diaryl/α,β-unsaturated/α-hetero) is 1. The molecule has 0 bridgehead atoms. The summed E-state index contributed by atoms with van der Waals surface area (Å²) in [7, 11) is 0. The summed E-state index contributed by atoms with van der Waals surface area (Å²) in [5.74, 6) is 0.516. The molecule has 0 saturated carbocycles. The normalized spacial score (nSPS) is 10.1. The Balaban J connectivity index is 2.58. The standard InChI is InChI=1S/C11H12Cl2O2/c1-2-4-8(14)7-15-10-6-3-5-9(12)11(10)13/h3,5-6H,2,4,7H2,1H3. The van der Waals surface area contributed by atoms with E-state index >= 15 is 0 Å². The molecule has 0 saturated heterocycles. The molecule has 0 unspecified atom stereocenters. The smallest absolute Gasteiger partial charge is 0.170 e. The largest absolute Gasteiger partial charge is 0.484 e. The van der Waals surface area contributed by atoms with E-state index in [-0.39, 0.29) is 12.4 Å². The van der Waals surface area contributed by atoms with Crippen molar-refractivity contribution in [2.75, 3.05) is 6.61 Å². The van der Waals surface area contributed by atoms with Crippen LogP contribution in [0.15, 0.2) is 18.2 Å². The number of halogens is 2. The van der Waals surface area contributed by atoms with Crippen LogP contribution in [0.5, 0.6) is 5.75 Å². The van der Waals surface area contributed by atoms with Gasteiger partial charge in [0.1, 0.15) is 17.4 Å². The molecule has 1 rings (SSSR count). The highest BCUT2D eigenvalue weighted by atomic mass is 35.5. The minimum absolute atomic E-state index is 0.0495. The van der Waals surface area contributed by atoms with Crippen molar-refractivity contribution in [3.63, 3.8) is 0 Å². The van der Waals surface area contributed by atoms with Crippen LogP contribution in [-0.4, -0.2) is 12.4 Å². The van der Waals surface area contributed by atoms with Gasteiger partial charge in [-0.3, -0.25) is 4.79 Å². The van der Waals surface area contributed by atoms with Gasteiger partial charge in [-0.2, -0.15) is 0 Å². The summed E-state index contributed by atoms with van der Waals surface area (Å²) in [6.45, 7) is 2.00. The van der Waals surface area contributed by atoms with E-state index in [9.17, 15) is 4.79 Å². The van der Waals surface area contributed by atoms with Crippen molar-refractivity contribution < 1.29 is 9.53 Å². The topological polar surface area (TPSA) is 26.3 Å². The summed E-state index contributed by atoms with van der Waals surface area (Å²) < 4.78 is 5.27. The number of benzene rings is 1. The van der Waals surface area contributed by atoms with Gasteiger partial charge in [0.2, 0.25) is 0 Å². The van der Waals surface area contributed by atoms with Crippen molar-refractivity contribution in [1.82, 2.24) is 0 Å². The van der Waals surface area contributed by atoms with E-state index in [1.165, 1.54) is 0 Å². The number of ketones is 1. The van der Waals surface area contributed by atoms with Crippen LogP contribution < -0.4 is 4.74 Å². The van der Waals surface area contributed by atoms with Gasteiger partial charge in [-0.05, 0) is 18.6 Å². The van der Waals surface area contributed by atoms with Gasteiger partial charge in [0.15, 0.2) is 5.78 Å². The second kappa shape index (κ2) is 5.99. The van der Waals surface area contributed by atoms with E-state index in [4.69, 9.17) is 27.9 Å². The van der Waals surface area contributed by atoms with Gasteiger partial charge in [-0.25, -0.2) is 0 Å². The third-order valence-corrected chi connectivity index (χ3v) is 2.64. The molecule has 15 heavy (non-hydrogen) atoms.